The van der Waals surface area contributed by atoms with Crippen molar-refractivity contribution in [1.29, 1.82) is 5.26 Å². The molecule has 9 nitrogen and oxygen atoms in total. The highest BCUT2D eigenvalue weighted by Gasteiger charge is 2.28. The van der Waals surface area contributed by atoms with Gasteiger partial charge < -0.3 is 21.5 Å². The molecule has 1 saturated carbocycles. The van der Waals surface area contributed by atoms with Gasteiger partial charge in [0.25, 0.3) is 5.91 Å². The van der Waals surface area contributed by atoms with E-state index in [1.54, 1.807) is 16.6 Å². The molecule has 0 aromatic carbocycles. The number of alkyl halides is 1. The summed E-state index contributed by atoms with van der Waals surface area (Å²) in [6.07, 6.45) is 4.85. The molecule has 4 rings (SSSR count). The Morgan fingerprint density at radius 1 is 1.31 bits per heavy atom. The van der Waals surface area contributed by atoms with Crippen LogP contribution in [0.1, 0.15) is 55.5 Å². The number of nitriles is 1. The summed E-state index contributed by atoms with van der Waals surface area (Å²) in [4.78, 5) is 17.5. The number of fused-ring (bicyclic) bond motifs is 1. The van der Waals surface area contributed by atoms with Crippen molar-refractivity contribution in [3.05, 3.63) is 47.8 Å². The normalized spacial score (nSPS) is 18.7. The first-order chi connectivity index (χ1) is 16.7. The molecule has 0 unspecified atom stereocenters. The Bertz CT molecular complexity index is 1260. The fraction of sp³-hybridized carbons (Fsp3) is 0.440. The summed E-state index contributed by atoms with van der Waals surface area (Å²) in [6, 6.07) is 9.62. The molecular weight excluding hydrogens is 485 g/mol. The molecular formula is C25H31ClFN7O2. The highest BCUT2D eigenvalue weighted by Crippen LogP contribution is 2.28. The minimum absolute atomic E-state index is 0. The van der Waals surface area contributed by atoms with Crippen LogP contribution >= 0.6 is 12.4 Å². The zero-order valence-corrected chi connectivity index (χ0v) is 21.1. The lowest BCUT2D eigenvalue weighted by Crippen LogP contribution is -2.42. The second kappa shape index (κ2) is 11.2. The molecule has 0 bridgehead atoms. The van der Waals surface area contributed by atoms with Gasteiger partial charge in [-0.3, -0.25) is 9.78 Å². The number of carbonyl (C=O) groups is 1. The Morgan fingerprint density at radius 2 is 2.03 bits per heavy atom. The summed E-state index contributed by atoms with van der Waals surface area (Å²) in [5, 5.41) is 29.3. The van der Waals surface area contributed by atoms with Crippen LogP contribution in [-0.4, -0.2) is 56.0 Å². The molecule has 36 heavy (non-hydrogen) atoms. The lowest BCUT2D eigenvalue weighted by Gasteiger charge is -2.28. The van der Waals surface area contributed by atoms with Gasteiger partial charge in [-0.2, -0.15) is 10.4 Å². The average molecular weight is 516 g/mol. The number of aliphatic hydroxyl groups is 1. The molecule has 0 spiro atoms. The van der Waals surface area contributed by atoms with Gasteiger partial charge in [0, 0.05) is 18.3 Å². The molecule has 0 saturated heterocycles. The van der Waals surface area contributed by atoms with Crippen molar-refractivity contribution >= 4 is 29.5 Å². The first-order valence-corrected chi connectivity index (χ1v) is 11.7. The Hall–Kier alpha value is -3.26. The number of hydrogen-bond donors (Lipinski definition) is 4. The number of rotatable bonds is 7. The first kappa shape index (κ1) is 27.3. The molecule has 5 N–H and O–H groups in total. The van der Waals surface area contributed by atoms with E-state index in [1.165, 1.54) is 26.2 Å². The van der Waals surface area contributed by atoms with Crippen LogP contribution in [0.3, 0.4) is 0 Å². The third kappa shape index (κ3) is 6.10. The second-order valence-corrected chi connectivity index (χ2v) is 9.61. The van der Waals surface area contributed by atoms with E-state index in [9.17, 15) is 14.3 Å². The minimum Gasteiger partial charge on any atom is -0.387 e. The molecule has 1 aliphatic carbocycles. The maximum atomic E-state index is 14.2. The molecule has 192 valence electrons. The Balaban J connectivity index is 0.00000361. The van der Waals surface area contributed by atoms with Gasteiger partial charge in [-0.15, -0.1) is 12.4 Å². The number of anilines is 1. The number of nitrogens with zero attached hydrogens (tertiary/aromatic N) is 4. The van der Waals surface area contributed by atoms with Crippen LogP contribution in [0.25, 0.3) is 16.9 Å². The molecule has 1 atom stereocenters. The van der Waals surface area contributed by atoms with Crippen LogP contribution in [0.2, 0.25) is 0 Å². The summed E-state index contributed by atoms with van der Waals surface area (Å²) < 4.78 is 15.9. The van der Waals surface area contributed by atoms with E-state index in [2.05, 4.69) is 26.8 Å². The van der Waals surface area contributed by atoms with Gasteiger partial charge in [0.05, 0.1) is 52.1 Å². The average Bonchev–Trinajstić information content (AvgIpc) is 3.26. The molecule has 3 heterocycles. The number of halogens is 2. The van der Waals surface area contributed by atoms with E-state index in [0.29, 0.717) is 22.6 Å². The van der Waals surface area contributed by atoms with Gasteiger partial charge in [0.2, 0.25) is 0 Å². The summed E-state index contributed by atoms with van der Waals surface area (Å²) in [7, 11) is 0. The van der Waals surface area contributed by atoms with Crippen LogP contribution < -0.4 is 16.4 Å². The van der Waals surface area contributed by atoms with E-state index >= 15 is 0 Å². The van der Waals surface area contributed by atoms with Crippen LogP contribution in [0.15, 0.2) is 36.7 Å². The van der Waals surface area contributed by atoms with E-state index in [0.717, 1.165) is 31.2 Å². The number of carbonyl (C=O) groups excluding carboxylic acids is 1. The largest absolute Gasteiger partial charge is 0.387 e. The number of hydrogen-bond acceptors (Lipinski definition) is 7. The number of nitrogens with one attached hydrogen (secondary N) is 2. The summed E-state index contributed by atoms with van der Waals surface area (Å²) in [5.74, 6) is -0.484. The molecule has 1 aliphatic rings. The van der Waals surface area contributed by atoms with Gasteiger partial charge in [-0.25, -0.2) is 8.91 Å². The van der Waals surface area contributed by atoms with Gasteiger partial charge in [-0.1, -0.05) is 0 Å². The van der Waals surface area contributed by atoms with Crippen molar-refractivity contribution in [3.8, 4) is 17.5 Å². The van der Waals surface area contributed by atoms with Crippen molar-refractivity contribution in [2.45, 2.75) is 63.4 Å². The van der Waals surface area contributed by atoms with E-state index in [-0.39, 0.29) is 36.6 Å². The summed E-state index contributed by atoms with van der Waals surface area (Å²) >= 11 is 0. The number of nitrogens with two attached hydrogens (primary N) is 1. The Kier molecular flexibility index (Phi) is 8.51. The molecule has 3 aromatic heterocycles. The topological polar surface area (TPSA) is 141 Å². The van der Waals surface area contributed by atoms with Crippen molar-refractivity contribution in [1.82, 2.24) is 19.9 Å². The zero-order valence-electron chi connectivity index (χ0n) is 20.2. The molecule has 0 aliphatic heterocycles. The van der Waals surface area contributed by atoms with Crippen molar-refractivity contribution in [2.24, 2.45) is 5.73 Å². The molecule has 0 radical (unpaired) electrons. The highest BCUT2D eigenvalue weighted by molar-refractivity contribution is 6.00. The quantitative estimate of drug-likeness (QED) is 0.378. The predicted octanol–water partition coefficient (Wildman–Crippen LogP) is 3.21. The van der Waals surface area contributed by atoms with Crippen molar-refractivity contribution in [2.75, 3.05) is 11.9 Å². The maximum absolute atomic E-state index is 14.2. The van der Waals surface area contributed by atoms with Gasteiger partial charge in [0.1, 0.15) is 12.2 Å². The fourth-order valence-corrected chi connectivity index (χ4v) is 4.16. The first-order valence-electron chi connectivity index (χ1n) is 11.7. The zero-order chi connectivity index (χ0) is 25.2. The maximum Gasteiger partial charge on any atom is 0.255 e. The highest BCUT2D eigenvalue weighted by atomic mass is 35.5. The SMILES string of the molecule is CC(C)(O)[C@H](F)CNC(=O)c1cnc(-c2ccc3cc(C#N)cnn23)cc1NC1CCC(N)CC1.Cl. The van der Waals surface area contributed by atoms with E-state index < -0.39 is 17.7 Å². The molecule has 3 aromatic rings. The predicted molar refractivity (Wildman–Crippen MR) is 138 cm³/mol. The smallest absolute Gasteiger partial charge is 0.255 e. The van der Waals surface area contributed by atoms with Crippen LogP contribution in [-0.2, 0) is 0 Å². The summed E-state index contributed by atoms with van der Waals surface area (Å²) in [6.45, 7) is 2.39. The number of aromatic nitrogens is 3. The lowest BCUT2D eigenvalue weighted by molar-refractivity contribution is -0.00177. The Morgan fingerprint density at radius 3 is 2.69 bits per heavy atom. The second-order valence-electron chi connectivity index (χ2n) is 9.61. The number of pyridine rings is 1. The summed E-state index contributed by atoms with van der Waals surface area (Å²) in [5.41, 5.74) is 7.85. The lowest BCUT2D eigenvalue weighted by atomic mass is 9.91. The van der Waals surface area contributed by atoms with Gasteiger partial charge in [0.15, 0.2) is 0 Å². The monoisotopic (exact) mass is 515 g/mol. The van der Waals surface area contributed by atoms with Gasteiger partial charge >= 0.3 is 0 Å². The number of amides is 1. The Labute approximate surface area is 215 Å². The molecule has 11 heteroatoms. The van der Waals surface area contributed by atoms with E-state index in [4.69, 9.17) is 11.0 Å². The van der Waals surface area contributed by atoms with Crippen LogP contribution in [0, 0.1) is 11.3 Å². The van der Waals surface area contributed by atoms with Crippen LogP contribution in [0.5, 0.6) is 0 Å². The third-order valence-corrected chi connectivity index (χ3v) is 6.38. The van der Waals surface area contributed by atoms with Crippen molar-refractivity contribution in [3.63, 3.8) is 0 Å². The fourth-order valence-electron chi connectivity index (χ4n) is 4.16. The third-order valence-electron chi connectivity index (χ3n) is 6.38. The molecule has 1 amide bonds. The minimum atomic E-state index is -1.62. The van der Waals surface area contributed by atoms with Gasteiger partial charge in [-0.05, 0) is 63.8 Å². The molecule has 1 fully saturated rings. The van der Waals surface area contributed by atoms with Crippen molar-refractivity contribution < 1.29 is 14.3 Å². The van der Waals surface area contributed by atoms with Crippen LogP contribution in [0.4, 0.5) is 10.1 Å². The van der Waals surface area contributed by atoms with E-state index in [1.807, 2.05) is 12.1 Å². The standard InChI is InChI=1S/C25H30FN7O2.ClH/c1-25(2,35)23(26)14-30-24(34)19-13-29-21(10-20(19)32-17-5-3-16(28)4-6-17)22-8-7-18-9-15(11-27)12-31-33(18)22;/h7-10,12-13,16-17,23,35H,3-6,14,28H2,1-2H3,(H,29,32)(H,30,34);1H/t16?,17?,23-;/m1./s1.